The summed E-state index contributed by atoms with van der Waals surface area (Å²) in [4.78, 5) is 22.8. The highest BCUT2D eigenvalue weighted by molar-refractivity contribution is 6.31. The Balaban J connectivity index is 0.000000186. The first-order valence-electron chi connectivity index (χ1n) is 35.6. The maximum Gasteiger partial charge on any atom is 0.129 e. The monoisotopic (exact) mass is 1530 g/mol. The molecule has 0 heterocycles. The molecule has 105 heavy (non-hydrogen) atoms. The minimum atomic E-state index is -1.13. The molecule has 0 aliphatic heterocycles. The van der Waals surface area contributed by atoms with Gasteiger partial charge in [-0.3, -0.25) is 0 Å². The zero-order valence-corrected chi connectivity index (χ0v) is 62.8. The fraction of sp³-hybridized carbons (Fsp3) is 0.349. The summed E-state index contributed by atoms with van der Waals surface area (Å²) in [6.45, 7) is 4.61. The molecular weight excluding hydrogens is 1440 g/mol. The number of carbonyl (C=O) groups excluding carboxylic acids is 2. The molecule has 4 aliphatic rings. The second kappa shape index (κ2) is 44.3. The molecular formula is C86H93Cl5F2O12. The maximum absolute atomic E-state index is 14.0. The van der Waals surface area contributed by atoms with Crippen LogP contribution in [0.25, 0.3) is 22.3 Å². The number of aryl methyl sites for hydroxylation is 2. The summed E-state index contributed by atoms with van der Waals surface area (Å²) in [5.41, 5.74) is 9.58. The van der Waals surface area contributed by atoms with Crippen molar-refractivity contribution in [3.8, 4) is 33.8 Å². The third-order valence-corrected chi connectivity index (χ3v) is 19.2. The molecule has 4 aliphatic carbocycles. The average molecular weight is 1530 g/mol. The number of benzene rings is 8. The molecule has 0 spiro atoms. The lowest BCUT2D eigenvalue weighted by Crippen LogP contribution is -2.52. The molecule has 8 aromatic rings. The van der Waals surface area contributed by atoms with Crippen LogP contribution in [-0.2, 0) is 62.3 Å². The van der Waals surface area contributed by atoms with Crippen LogP contribution >= 0.6 is 58.0 Å². The highest BCUT2D eigenvalue weighted by atomic mass is 35.5. The molecule has 1 fully saturated rings. The fourth-order valence-corrected chi connectivity index (χ4v) is 12.7. The van der Waals surface area contributed by atoms with Crippen LogP contribution in [0, 0.1) is 11.6 Å². The van der Waals surface area contributed by atoms with Crippen molar-refractivity contribution < 1.29 is 67.6 Å². The number of hydrogen-bond acceptors (Lipinski definition) is 12. The highest BCUT2D eigenvalue weighted by Gasteiger charge is 2.39. The first-order valence-corrected chi connectivity index (χ1v) is 37.6. The number of carbonyl (C=O) groups is 2. The van der Waals surface area contributed by atoms with Gasteiger partial charge >= 0.3 is 0 Å². The highest BCUT2D eigenvalue weighted by Crippen LogP contribution is 2.35. The van der Waals surface area contributed by atoms with Crippen LogP contribution in [0.1, 0.15) is 124 Å². The third-order valence-electron chi connectivity index (χ3n) is 17.9. The topological polar surface area (TPSA) is 181 Å². The van der Waals surface area contributed by atoms with E-state index in [1.54, 1.807) is 56.3 Å². The summed E-state index contributed by atoms with van der Waals surface area (Å²) < 4.78 is 57.9. The van der Waals surface area contributed by atoms with E-state index in [1.807, 2.05) is 140 Å². The average Bonchev–Trinajstić information content (AvgIpc) is 0.818. The second-order valence-electron chi connectivity index (χ2n) is 26.4. The Morgan fingerprint density at radius 3 is 1.15 bits per heavy atom. The summed E-state index contributed by atoms with van der Waals surface area (Å²) >= 11 is 28.8. The smallest absolute Gasteiger partial charge is 0.129 e. The van der Waals surface area contributed by atoms with Crippen molar-refractivity contribution in [3.05, 3.63) is 284 Å². The molecule has 12 rings (SSSR count). The van der Waals surface area contributed by atoms with Crippen molar-refractivity contribution in [1.29, 1.82) is 0 Å². The van der Waals surface area contributed by atoms with Gasteiger partial charge in [-0.15, -0.1) is 11.6 Å². The van der Waals surface area contributed by atoms with Gasteiger partial charge in [0.05, 0.1) is 56.4 Å². The van der Waals surface area contributed by atoms with E-state index in [9.17, 15) is 33.7 Å². The number of ether oxygens (including phenoxy) is 5. The lowest BCUT2D eigenvalue weighted by Gasteiger charge is -2.37. The van der Waals surface area contributed by atoms with Crippen molar-refractivity contribution in [2.75, 3.05) is 0 Å². The molecule has 0 bridgehead atoms. The molecule has 5 N–H and O–H groups in total. The quantitative estimate of drug-likeness (QED) is 0.0286. The Morgan fingerprint density at radius 1 is 0.400 bits per heavy atom. The van der Waals surface area contributed by atoms with Crippen molar-refractivity contribution in [1.82, 2.24) is 0 Å². The number of halogens is 7. The number of aliphatic hydroxyl groups is 5. The first-order chi connectivity index (χ1) is 50.6. The molecule has 1 saturated carbocycles. The number of alkyl halides is 1. The van der Waals surface area contributed by atoms with Gasteiger partial charge in [-0.05, 0) is 250 Å². The van der Waals surface area contributed by atoms with Gasteiger partial charge in [0, 0.05) is 38.8 Å². The van der Waals surface area contributed by atoms with Crippen molar-refractivity contribution in [2.24, 2.45) is 0 Å². The largest absolute Gasteiger partial charge is 0.488 e. The first kappa shape index (κ1) is 83.5. The number of hydrogen-bond donors (Lipinski definition) is 5. The molecule has 0 amide bonds. The van der Waals surface area contributed by atoms with Gasteiger partial charge in [-0.1, -0.05) is 162 Å². The van der Waals surface area contributed by atoms with Gasteiger partial charge < -0.3 is 58.8 Å². The lowest BCUT2D eigenvalue weighted by molar-refractivity contribution is -0.150. The summed E-state index contributed by atoms with van der Waals surface area (Å²) in [6.07, 6.45) is 16.6. The van der Waals surface area contributed by atoms with E-state index >= 15 is 0 Å². The van der Waals surface area contributed by atoms with Crippen LogP contribution in [-0.4, -0.2) is 98.1 Å². The molecule has 8 aromatic carbocycles. The zero-order valence-electron chi connectivity index (χ0n) is 59.0. The molecule has 12 nitrogen and oxygen atoms in total. The van der Waals surface area contributed by atoms with Gasteiger partial charge in [0.15, 0.2) is 0 Å². The predicted octanol–water partition coefficient (Wildman–Crippen LogP) is 19.7. The third kappa shape index (κ3) is 29.9. The number of rotatable bonds is 24. The van der Waals surface area contributed by atoms with Crippen LogP contribution in [0.3, 0.4) is 0 Å². The molecule has 0 radical (unpaired) electrons. The maximum atomic E-state index is 14.0. The molecule has 10 atom stereocenters. The Hall–Kier alpha value is -7.09. The second-order valence-corrected chi connectivity index (χ2v) is 28.4. The van der Waals surface area contributed by atoms with Gasteiger partial charge in [0.25, 0.3) is 0 Å². The van der Waals surface area contributed by atoms with E-state index in [-0.39, 0.29) is 59.8 Å². The van der Waals surface area contributed by atoms with E-state index in [1.165, 1.54) is 24.3 Å². The Labute approximate surface area is 640 Å². The molecule has 0 aromatic heterocycles. The van der Waals surface area contributed by atoms with Crippen molar-refractivity contribution in [2.45, 2.75) is 190 Å². The number of Topliss-reactive ketones (excluding diaryl/α,β-unsaturated/α-hetero) is 2. The van der Waals surface area contributed by atoms with Crippen LogP contribution in [0.15, 0.2) is 218 Å². The molecule has 8 unspecified atom stereocenters. The van der Waals surface area contributed by atoms with Gasteiger partial charge in [-0.25, -0.2) is 8.78 Å². The van der Waals surface area contributed by atoms with E-state index in [0.717, 1.165) is 109 Å². The Bertz CT molecular complexity index is 4030. The summed E-state index contributed by atoms with van der Waals surface area (Å²) in [5.74, 6) is 1.51. The Morgan fingerprint density at radius 2 is 0.762 bits per heavy atom. The van der Waals surface area contributed by atoms with Crippen LogP contribution in [0.2, 0.25) is 20.1 Å². The normalized spacial score (nSPS) is 20.8. The number of aliphatic hydroxyl groups excluding tert-OH is 5. The summed E-state index contributed by atoms with van der Waals surface area (Å²) in [5, 5.41) is 51.3. The van der Waals surface area contributed by atoms with Crippen molar-refractivity contribution in [3.63, 3.8) is 0 Å². The SMILES string of the molecule is CC(=O)CCCc1ccc(OC2C=CC(OCc3ccc(Cl)cc3)CC2)cc1-c1cccc(F)c1.CC(=O)CCCc1ccc(OC2CCC(OCc3ccc(Cl)cc3)[C@@H](O)[C@H]2O)cc1-c1cccc(F)c1.ClCc1ccc(Cl)cc1.OC1C=CC(O)CC1.OC1C=CC(OCc2ccc(Cl)cc2)CC1. The fourth-order valence-electron chi connectivity index (χ4n) is 12.0. The van der Waals surface area contributed by atoms with Gasteiger partial charge in [0.2, 0.25) is 0 Å². The van der Waals surface area contributed by atoms with E-state index in [4.69, 9.17) is 91.9 Å². The van der Waals surface area contributed by atoms with Crippen LogP contribution in [0.5, 0.6) is 11.5 Å². The minimum Gasteiger partial charge on any atom is -0.488 e. The van der Waals surface area contributed by atoms with E-state index < -0.39 is 24.4 Å². The molecule has 19 heteroatoms. The van der Waals surface area contributed by atoms with Gasteiger partial charge in [0.1, 0.15) is 59.1 Å². The summed E-state index contributed by atoms with van der Waals surface area (Å²) in [7, 11) is 0. The minimum absolute atomic E-state index is 0.0469. The lowest BCUT2D eigenvalue weighted by atomic mass is 9.89. The van der Waals surface area contributed by atoms with E-state index in [2.05, 4.69) is 12.2 Å². The van der Waals surface area contributed by atoms with Crippen molar-refractivity contribution >= 4 is 69.6 Å². The summed E-state index contributed by atoms with van der Waals surface area (Å²) in [6, 6.07) is 54.6. The Kier molecular flexibility index (Phi) is 35.2. The van der Waals surface area contributed by atoms with Gasteiger partial charge in [-0.2, -0.15) is 0 Å². The van der Waals surface area contributed by atoms with Crippen LogP contribution < -0.4 is 9.47 Å². The standard InChI is InChI=1S/C30H32ClFO5.C30H30ClFO3.C13H15ClO2.C7H6Cl2.C6H10O2/c1-19(33)4-2-5-21-10-13-25(17-26(21)22-6-3-7-24(32)16-22)37-28-15-14-27(29(34)30(28)35)36-18-20-8-11-23(31)12-9-20;1-21(33)4-2-5-23-10-13-29(19-30(23)24-6-3-7-26(32)18-24)35-28-16-14-27(15-17-28)34-20-22-8-11-25(31)12-9-22;14-11-3-1-10(2-4-11)9-16-13-7-5-12(15)6-8-13;8-5-6-1-3-7(9)4-2-6;7-5-1-2-6(8)4-3-5/h3,6-13,16-17,27-30,34-35H,2,4-5,14-15,18H2,1H3;3,6-14,16,18-19,27-28H,2,4-5,15,17,20H2,1H3;1-5,7,12-13,15H,6,8-9H2;1-4H,5H2;1-2,5-8H,3-4H2/t27?,28?,29-,30+;;;;/m1..../s1. The zero-order chi connectivity index (χ0) is 75.0. The molecule has 0 saturated heterocycles. The number of ketones is 2. The van der Waals surface area contributed by atoms with E-state index in [0.29, 0.717) is 93.4 Å². The molecule has 558 valence electrons. The predicted molar refractivity (Wildman–Crippen MR) is 415 cm³/mol. The van der Waals surface area contributed by atoms with Crippen LogP contribution in [0.4, 0.5) is 8.78 Å².